The third-order valence-corrected chi connectivity index (χ3v) is 2.53. The molecule has 1 N–H and O–H groups in total. The Balaban J connectivity index is 1.88. The van der Waals surface area contributed by atoms with Crippen LogP contribution in [0.25, 0.3) is 0 Å². The molecule has 0 bridgehead atoms. The number of aromatic hydroxyl groups is 1. The Morgan fingerprint density at radius 3 is 2.29 bits per heavy atom. The minimum absolute atomic E-state index is 0.342. The standard InChI is InChI=1S/C13H14O/c14-13-9-7-12(8-10-13)6-5-11-3-1-2-4-11/h1-4,7-11,14H,5-6H2. The summed E-state index contributed by atoms with van der Waals surface area (Å²) >= 11 is 0. The lowest BCUT2D eigenvalue weighted by molar-refractivity contribution is 0.475. The normalized spacial score (nSPS) is 15.1. The second-order valence-electron chi connectivity index (χ2n) is 3.64. The number of phenolic OH excluding ortho intramolecular Hbond substituents is 1. The summed E-state index contributed by atoms with van der Waals surface area (Å²) in [5.41, 5.74) is 1.29. The van der Waals surface area contributed by atoms with Gasteiger partial charge in [-0.25, -0.2) is 0 Å². The molecule has 0 saturated carbocycles. The zero-order valence-corrected chi connectivity index (χ0v) is 8.06. The number of hydrogen-bond acceptors (Lipinski definition) is 1. The molecule has 0 heterocycles. The van der Waals surface area contributed by atoms with E-state index in [4.69, 9.17) is 5.11 Å². The lowest BCUT2D eigenvalue weighted by atomic mass is 10.0. The number of phenols is 1. The Labute approximate surface area is 84.4 Å². The van der Waals surface area contributed by atoms with Gasteiger partial charge in [-0.3, -0.25) is 0 Å². The van der Waals surface area contributed by atoms with E-state index in [1.165, 1.54) is 5.56 Å². The number of hydrogen-bond donors (Lipinski definition) is 1. The van der Waals surface area contributed by atoms with Crippen LogP contribution < -0.4 is 0 Å². The summed E-state index contributed by atoms with van der Waals surface area (Å²) in [4.78, 5) is 0. The van der Waals surface area contributed by atoms with Crippen LogP contribution >= 0.6 is 0 Å². The maximum absolute atomic E-state index is 9.11. The van der Waals surface area contributed by atoms with E-state index in [1.54, 1.807) is 12.1 Å². The average Bonchev–Trinajstić information content (AvgIpc) is 2.70. The van der Waals surface area contributed by atoms with Crippen LogP contribution in [0.5, 0.6) is 5.75 Å². The van der Waals surface area contributed by atoms with Crippen LogP contribution in [0, 0.1) is 5.92 Å². The summed E-state index contributed by atoms with van der Waals surface area (Å²) in [6.45, 7) is 0. The molecular formula is C13H14O. The van der Waals surface area contributed by atoms with Crippen LogP contribution in [-0.2, 0) is 6.42 Å². The number of benzene rings is 1. The molecule has 0 atom stereocenters. The van der Waals surface area contributed by atoms with Crippen molar-refractivity contribution in [3.8, 4) is 5.75 Å². The van der Waals surface area contributed by atoms with E-state index in [2.05, 4.69) is 24.3 Å². The maximum Gasteiger partial charge on any atom is 0.115 e. The van der Waals surface area contributed by atoms with Gasteiger partial charge in [-0.15, -0.1) is 0 Å². The SMILES string of the molecule is Oc1ccc(CCC2C=CC=C2)cc1. The molecule has 1 aromatic carbocycles. The lowest BCUT2D eigenvalue weighted by Crippen LogP contribution is -1.93. The van der Waals surface area contributed by atoms with Crippen LogP contribution in [-0.4, -0.2) is 5.11 Å². The van der Waals surface area contributed by atoms with Crippen molar-refractivity contribution in [3.63, 3.8) is 0 Å². The zero-order chi connectivity index (χ0) is 9.80. The molecule has 0 fully saturated rings. The first-order valence-electron chi connectivity index (χ1n) is 4.97. The van der Waals surface area contributed by atoms with Gasteiger partial charge in [0.2, 0.25) is 0 Å². The van der Waals surface area contributed by atoms with E-state index in [0.29, 0.717) is 11.7 Å². The van der Waals surface area contributed by atoms with Crippen molar-refractivity contribution in [1.29, 1.82) is 0 Å². The van der Waals surface area contributed by atoms with Gasteiger partial charge < -0.3 is 5.11 Å². The second kappa shape index (κ2) is 4.14. The third-order valence-electron chi connectivity index (χ3n) is 2.53. The van der Waals surface area contributed by atoms with Gasteiger partial charge in [0.1, 0.15) is 5.75 Å². The molecule has 72 valence electrons. The van der Waals surface area contributed by atoms with Crippen molar-refractivity contribution in [1.82, 2.24) is 0 Å². The average molecular weight is 186 g/mol. The van der Waals surface area contributed by atoms with Crippen molar-refractivity contribution in [2.75, 3.05) is 0 Å². The topological polar surface area (TPSA) is 20.2 Å². The predicted molar refractivity (Wildman–Crippen MR) is 58.2 cm³/mol. The van der Waals surface area contributed by atoms with E-state index in [9.17, 15) is 0 Å². The highest BCUT2D eigenvalue weighted by Crippen LogP contribution is 2.17. The van der Waals surface area contributed by atoms with Gasteiger partial charge in [0.05, 0.1) is 0 Å². The van der Waals surface area contributed by atoms with Crippen molar-refractivity contribution in [2.45, 2.75) is 12.8 Å². The van der Waals surface area contributed by atoms with Crippen molar-refractivity contribution in [2.24, 2.45) is 5.92 Å². The molecule has 2 rings (SSSR count). The monoisotopic (exact) mass is 186 g/mol. The van der Waals surface area contributed by atoms with E-state index in [0.717, 1.165) is 12.8 Å². The fourth-order valence-electron chi connectivity index (χ4n) is 1.67. The predicted octanol–water partition coefficient (Wildman–Crippen LogP) is 3.07. The highest BCUT2D eigenvalue weighted by Gasteiger charge is 2.03. The first-order valence-corrected chi connectivity index (χ1v) is 4.97. The van der Waals surface area contributed by atoms with E-state index < -0.39 is 0 Å². The van der Waals surface area contributed by atoms with Crippen molar-refractivity contribution < 1.29 is 5.11 Å². The van der Waals surface area contributed by atoms with Gasteiger partial charge in [0.25, 0.3) is 0 Å². The van der Waals surface area contributed by atoms with Crippen LogP contribution in [0.4, 0.5) is 0 Å². The summed E-state index contributed by atoms with van der Waals surface area (Å²) in [7, 11) is 0. The van der Waals surface area contributed by atoms with Crippen LogP contribution in [0.1, 0.15) is 12.0 Å². The Hall–Kier alpha value is -1.50. The Morgan fingerprint density at radius 1 is 1.00 bits per heavy atom. The fraction of sp³-hybridized carbons (Fsp3) is 0.231. The summed E-state index contributed by atoms with van der Waals surface area (Å²) in [5, 5.41) is 9.11. The van der Waals surface area contributed by atoms with E-state index in [1.807, 2.05) is 12.1 Å². The molecule has 1 aromatic rings. The van der Waals surface area contributed by atoms with Gasteiger partial charge >= 0.3 is 0 Å². The molecule has 0 aliphatic heterocycles. The second-order valence-corrected chi connectivity index (χ2v) is 3.64. The maximum atomic E-state index is 9.11. The molecule has 0 unspecified atom stereocenters. The molecule has 1 nitrogen and oxygen atoms in total. The summed E-state index contributed by atoms with van der Waals surface area (Å²) < 4.78 is 0. The third kappa shape index (κ3) is 2.25. The number of allylic oxidation sites excluding steroid dienone is 4. The molecule has 1 aliphatic rings. The quantitative estimate of drug-likeness (QED) is 0.769. The first-order chi connectivity index (χ1) is 6.84. The summed E-state index contributed by atoms with van der Waals surface area (Å²) in [5.74, 6) is 0.943. The Kier molecular flexibility index (Phi) is 2.68. The minimum Gasteiger partial charge on any atom is -0.508 e. The van der Waals surface area contributed by atoms with Gasteiger partial charge in [-0.2, -0.15) is 0 Å². The molecule has 0 saturated heterocycles. The molecule has 1 aliphatic carbocycles. The molecule has 1 heteroatoms. The van der Waals surface area contributed by atoms with Crippen LogP contribution in [0.3, 0.4) is 0 Å². The largest absolute Gasteiger partial charge is 0.508 e. The Bertz CT molecular complexity index is 334. The highest BCUT2D eigenvalue weighted by molar-refractivity contribution is 5.26. The lowest BCUT2D eigenvalue weighted by Gasteiger charge is -2.05. The van der Waals surface area contributed by atoms with Crippen LogP contribution in [0.15, 0.2) is 48.6 Å². The summed E-state index contributed by atoms with van der Waals surface area (Å²) in [6, 6.07) is 7.46. The number of rotatable bonds is 3. The van der Waals surface area contributed by atoms with Crippen molar-refractivity contribution in [3.05, 3.63) is 54.1 Å². The zero-order valence-electron chi connectivity index (χ0n) is 8.06. The molecule has 0 spiro atoms. The smallest absolute Gasteiger partial charge is 0.115 e. The number of aryl methyl sites for hydroxylation is 1. The first kappa shape index (κ1) is 9.07. The van der Waals surface area contributed by atoms with Gasteiger partial charge in [0.15, 0.2) is 0 Å². The van der Waals surface area contributed by atoms with Gasteiger partial charge in [0, 0.05) is 0 Å². The minimum atomic E-state index is 0.342. The van der Waals surface area contributed by atoms with E-state index in [-0.39, 0.29) is 0 Å². The van der Waals surface area contributed by atoms with Gasteiger partial charge in [-0.05, 0) is 36.5 Å². The molecule has 14 heavy (non-hydrogen) atoms. The van der Waals surface area contributed by atoms with Gasteiger partial charge in [-0.1, -0.05) is 36.4 Å². The molecule has 0 amide bonds. The fourth-order valence-corrected chi connectivity index (χ4v) is 1.67. The Morgan fingerprint density at radius 2 is 1.64 bits per heavy atom. The molecular weight excluding hydrogens is 172 g/mol. The van der Waals surface area contributed by atoms with Crippen LogP contribution in [0.2, 0.25) is 0 Å². The van der Waals surface area contributed by atoms with Crippen molar-refractivity contribution >= 4 is 0 Å². The molecule has 0 radical (unpaired) electrons. The summed E-state index contributed by atoms with van der Waals surface area (Å²) in [6.07, 6.45) is 10.9. The highest BCUT2D eigenvalue weighted by atomic mass is 16.3. The van der Waals surface area contributed by atoms with E-state index >= 15 is 0 Å². The molecule has 0 aromatic heterocycles.